The molecule has 6 nitrogen and oxygen atoms in total. The van der Waals surface area contributed by atoms with Gasteiger partial charge in [-0.2, -0.15) is 0 Å². The fraction of sp³-hybridized carbons (Fsp3) is 0.125. The number of benzene rings is 2. The lowest BCUT2D eigenvalue weighted by Crippen LogP contribution is -2.19. The summed E-state index contributed by atoms with van der Waals surface area (Å²) in [5.74, 6) is -0.440. The van der Waals surface area contributed by atoms with Gasteiger partial charge in [0.2, 0.25) is 0 Å². The van der Waals surface area contributed by atoms with Crippen LogP contribution in [-0.4, -0.2) is 32.2 Å². The maximum Gasteiger partial charge on any atom is 0.264 e. The van der Waals surface area contributed by atoms with Crippen LogP contribution in [0.25, 0.3) is 10.2 Å². The fourth-order valence-corrected chi connectivity index (χ4v) is 3.67. The van der Waals surface area contributed by atoms with Crippen molar-refractivity contribution in [1.29, 1.82) is 0 Å². The summed E-state index contributed by atoms with van der Waals surface area (Å²) in [5, 5.41) is 2.93. The van der Waals surface area contributed by atoms with Crippen LogP contribution in [0, 0.1) is 5.82 Å². The minimum atomic E-state index is -3.31. The molecule has 0 saturated carbocycles. The van der Waals surface area contributed by atoms with E-state index in [9.17, 15) is 17.6 Å². The van der Waals surface area contributed by atoms with Gasteiger partial charge in [-0.1, -0.05) is 11.3 Å². The van der Waals surface area contributed by atoms with Crippen molar-refractivity contribution in [1.82, 2.24) is 4.98 Å². The zero-order chi connectivity index (χ0) is 18.0. The predicted molar refractivity (Wildman–Crippen MR) is 93.3 cm³/mol. The Morgan fingerprint density at radius 2 is 1.96 bits per heavy atom. The lowest BCUT2D eigenvalue weighted by Gasteiger charge is -2.05. The maximum atomic E-state index is 12.8. The lowest BCUT2D eigenvalue weighted by atomic mass is 10.3. The Morgan fingerprint density at radius 3 is 2.64 bits per heavy atom. The standard InChI is InChI=1S/C16H13FN2O4S2/c1-25(21,22)12-6-7-13-14(8-12)24-16(18-13)19-15(20)9-23-11-4-2-10(17)3-5-11/h2-8H,9H2,1H3,(H,18,19,20). The van der Waals surface area contributed by atoms with Crippen LogP contribution in [0.4, 0.5) is 9.52 Å². The van der Waals surface area contributed by atoms with Crippen molar-refractivity contribution >= 4 is 42.4 Å². The minimum Gasteiger partial charge on any atom is -0.484 e. The Morgan fingerprint density at radius 1 is 1.24 bits per heavy atom. The van der Waals surface area contributed by atoms with Gasteiger partial charge in [0.15, 0.2) is 21.6 Å². The molecule has 0 bridgehead atoms. The first-order valence-corrected chi connectivity index (χ1v) is 9.81. The molecule has 0 saturated heterocycles. The van der Waals surface area contributed by atoms with E-state index in [-0.39, 0.29) is 17.3 Å². The average molecular weight is 380 g/mol. The fourth-order valence-electron chi connectivity index (χ4n) is 2.02. The van der Waals surface area contributed by atoms with Crippen LogP contribution >= 0.6 is 11.3 Å². The van der Waals surface area contributed by atoms with Gasteiger partial charge in [-0.25, -0.2) is 17.8 Å². The van der Waals surface area contributed by atoms with Crippen molar-refractivity contribution in [3.63, 3.8) is 0 Å². The third kappa shape index (κ3) is 4.31. The van der Waals surface area contributed by atoms with Crippen LogP contribution in [0.2, 0.25) is 0 Å². The molecule has 0 radical (unpaired) electrons. The highest BCUT2D eigenvalue weighted by Gasteiger charge is 2.12. The van der Waals surface area contributed by atoms with Crippen LogP contribution in [0.5, 0.6) is 5.75 Å². The summed E-state index contributed by atoms with van der Waals surface area (Å²) in [6.07, 6.45) is 1.13. The van der Waals surface area contributed by atoms with E-state index in [1.54, 1.807) is 6.07 Å². The van der Waals surface area contributed by atoms with E-state index >= 15 is 0 Å². The van der Waals surface area contributed by atoms with E-state index in [0.717, 1.165) is 6.26 Å². The van der Waals surface area contributed by atoms with Gasteiger partial charge >= 0.3 is 0 Å². The summed E-state index contributed by atoms with van der Waals surface area (Å²) in [4.78, 5) is 16.3. The van der Waals surface area contributed by atoms with Gasteiger partial charge in [0.1, 0.15) is 11.6 Å². The molecular formula is C16H13FN2O4S2. The normalized spacial score (nSPS) is 11.4. The first kappa shape index (κ1) is 17.3. The monoisotopic (exact) mass is 380 g/mol. The number of sulfone groups is 1. The number of hydrogen-bond acceptors (Lipinski definition) is 6. The van der Waals surface area contributed by atoms with Crippen molar-refractivity contribution < 1.29 is 22.3 Å². The van der Waals surface area contributed by atoms with Crippen molar-refractivity contribution in [2.75, 3.05) is 18.2 Å². The van der Waals surface area contributed by atoms with E-state index in [1.807, 2.05) is 0 Å². The number of thiazole rings is 1. The van der Waals surface area contributed by atoms with E-state index in [4.69, 9.17) is 4.74 Å². The molecule has 2 aromatic carbocycles. The second kappa shape index (κ2) is 6.77. The second-order valence-electron chi connectivity index (χ2n) is 5.21. The summed E-state index contributed by atoms with van der Waals surface area (Å²) in [6.45, 7) is -0.254. The lowest BCUT2D eigenvalue weighted by molar-refractivity contribution is -0.118. The third-order valence-corrected chi connectivity index (χ3v) is 5.26. The predicted octanol–water partition coefficient (Wildman–Crippen LogP) is 2.86. The molecule has 1 N–H and O–H groups in total. The van der Waals surface area contributed by atoms with Gasteiger partial charge in [-0.3, -0.25) is 10.1 Å². The quantitative estimate of drug-likeness (QED) is 0.736. The highest BCUT2D eigenvalue weighted by atomic mass is 32.2. The molecule has 0 aliphatic heterocycles. The number of nitrogens with one attached hydrogen (secondary N) is 1. The van der Waals surface area contributed by atoms with Crippen molar-refractivity contribution in [2.24, 2.45) is 0 Å². The molecule has 3 aromatic rings. The second-order valence-corrected chi connectivity index (χ2v) is 8.26. The number of hydrogen-bond donors (Lipinski definition) is 1. The zero-order valence-electron chi connectivity index (χ0n) is 13.0. The largest absolute Gasteiger partial charge is 0.484 e. The molecule has 0 aliphatic carbocycles. The van der Waals surface area contributed by atoms with E-state index < -0.39 is 15.7 Å². The average Bonchev–Trinajstić information content (AvgIpc) is 2.94. The van der Waals surface area contributed by atoms with E-state index in [2.05, 4.69) is 10.3 Å². The van der Waals surface area contributed by atoms with Crippen molar-refractivity contribution in [2.45, 2.75) is 4.90 Å². The number of halogens is 1. The number of amides is 1. The molecule has 0 spiro atoms. The zero-order valence-corrected chi connectivity index (χ0v) is 14.7. The van der Waals surface area contributed by atoms with Gasteiger partial charge in [0.25, 0.3) is 5.91 Å². The molecule has 1 amide bonds. The smallest absolute Gasteiger partial charge is 0.264 e. The summed E-state index contributed by atoms with van der Waals surface area (Å²) in [5.41, 5.74) is 0.590. The molecule has 130 valence electrons. The van der Waals surface area contributed by atoms with Crippen LogP contribution in [0.3, 0.4) is 0 Å². The highest BCUT2D eigenvalue weighted by Crippen LogP contribution is 2.28. The number of fused-ring (bicyclic) bond motifs is 1. The van der Waals surface area contributed by atoms with Crippen LogP contribution in [-0.2, 0) is 14.6 Å². The Balaban J connectivity index is 1.67. The number of carbonyl (C=O) groups excluding carboxylic acids is 1. The Bertz CT molecular complexity index is 1030. The molecule has 0 fully saturated rings. The molecule has 25 heavy (non-hydrogen) atoms. The number of anilines is 1. The molecule has 1 aromatic heterocycles. The molecule has 0 aliphatic rings. The van der Waals surface area contributed by atoms with Crippen LogP contribution < -0.4 is 10.1 Å². The Labute approximate surface area is 147 Å². The molecule has 3 rings (SSSR count). The van der Waals surface area contributed by atoms with Gasteiger partial charge in [-0.05, 0) is 42.5 Å². The van der Waals surface area contributed by atoms with Crippen LogP contribution in [0.15, 0.2) is 47.4 Å². The van der Waals surface area contributed by atoms with Gasteiger partial charge in [-0.15, -0.1) is 0 Å². The molecule has 9 heteroatoms. The SMILES string of the molecule is CS(=O)(=O)c1ccc2nc(NC(=O)COc3ccc(F)cc3)sc2c1. The van der Waals surface area contributed by atoms with Gasteiger partial charge in [0.05, 0.1) is 15.1 Å². The Kier molecular flexibility index (Phi) is 4.69. The summed E-state index contributed by atoms with van der Waals surface area (Å²) < 4.78 is 41.9. The van der Waals surface area contributed by atoms with E-state index in [1.165, 1.54) is 47.7 Å². The molecule has 1 heterocycles. The molecular weight excluding hydrogens is 367 g/mol. The summed E-state index contributed by atoms with van der Waals surface area (Å²) in [7, 11) is -3.31. The first-order chi connectivity index (χ1) is 11.8. The minimum absolute atomic E-state index is 0.196. The summed E-state index contributed by atoms with van der Waals surface area (Å²) >= 11 is 1.17. The van der Waals surface area contributed by atoms with Crippen molar-refractivity contribution in [3.05, 3.63) is 48.3 Å². The third-order valence-electron chi connectivity index (χ3n) is 3.22. The molecule has 0 atom stereocenters. The first-order valence-electron chi connectivity index (χ1n) is 7.10. The highest BCUT2D eigenvalue weighted by molar-refractivity contribution is 7.90. The van der Waals surface area contributed by atoms with Crippen LogP contribution in [0.1, 0.15) is 0 Å². The maximum absolute atomic E-state index is 12.8. The molecule has 0 unspecified atom stereocenters. The topological polar surface area (TPSA) is 85.4 Å². The van der Waals surface area contributed by atoms with E-state index in [0.29, 0.717) is 21.1 Å². The number of aromatic nitrogens is 1. The Hall–Kier alpha value is -2.52. The number of carbonyl (C=O) groups is 1. The number of nitrogens with zero attached hydrogens (tertiary/aromatic N) is 1. The summed E-state index contributed by atoms with van der Waals surface area (Å²) in [6, 6.07) is 9.90. The van der Waals surface area contributed by atoms with Crippen molar-refractivity contribution in [3.8, 4) is 5.75 Å². The van der Waals surface area contributed by atoms with Gasteiger partial charge < -0.3 is 4.74 Å². The number of ether oxygens (including phenoxy) is 1. The number of rotatable bonds is 5. The van der Waals surface area contributed by atoms with Gasteiger partial charge in [0, 0.05) is 6.26 Å².